The molecule has 0 unspecified atom stereocenters. The van der Waals surface area contributed by atoms with Gasteiger partial charge in [0, 0.05) is 17.3 Å². The van der Waals surface area contributed by atoms with E-state index in [-0.39, 0.29) is 16.1 Å². The zero-order chi connectivity index (χ0) is 23.2. The first-order chi connectivity index (χ1) is 15.2. The van der Waals surface area contributed by atoms with Gasteiger partial charge in [0.2, 0.25) is 11.6 Å². The van der Waals surface area contributed by atoms with Gasteiger partial charge in [-0.25, -0.2) is 4.98 Å². The minimum absolute atomic E-state index is 0.166. The van der Waals surface area contributed by atoms with Crippen LogP contribution in [-0.4, -0.2) is 21.2 Å². The van der Waals surface area contributed by atoms with Crippen LogP contribution in [0, 0.1) is 24.0 Å². The Morgan fingerprint density at radius 1 is 1.12 bits per heavy atom. The molecule has 1 N–H and O–H groups in total. The molecule has 1 heterocycles. The lowest BCUT2D eigenvalue weighted by molar-refractivity contribution is -0.386. The molecule has 0 fully saturated rings. The van der Waals surface area contributed by atoms with E-state index in [1.807, 2.05) is 0 Å². The van der Waals surface area contributed by atoms with Crippen LogP contribution in [0.25, 0.3) is 22.6 Å². The van der Waals surface area contributed by atoms with E-state index < -0.39 is 16.4 Å². The van der Waals surface area contributed by atoms with Crippen molar-refractivity contribution in [2.24, 2.45) is 4.99 Å². The highest BCUT2D eigenvalue weighted by Gasteiger charge is 2.25. The summed E-state index contributed by atoms with van der Waals surface area (Å²) in [7, 11) is 0. The van der Waals surface area contributed by atoms with Crippen molar-refractivity contribution < 1.29 is 14.4 Å². The van der Waals surface area contributed by atoms with Gasteiger partial charge in [-0.05, 0) is 49.7 Å². The summed E-state index contributed by atoms with van der Waals surface area (Å²) in [6.07, 6.45) is 1.33. The number of phenols is 1. The van der Waals surface area contributed by atoms with E-state index in [9.17, 15) is 15.2 Å². The number of oxazole rings is 1. The van der Waals surface area contributed by atoms with Crippen molar-refractivity contribution in [2.75, 3.05) is 0 Å². The summed E-state index contributed by atoms with van der Waals surface area (Å²) in [4.78, 5) is 19.5. The Morgan fingerprint density at radius 3 is 2.59 bits per heavy atom. The second-order valence-corrected chi connectivity index (χ2v) is 8.13. The Hall–Kier alpha value is -3.13. The van der Waals surface area contributed by atoms with Crippen LogP contribution in [0.15, 0.2) is 45.8 Å². The molecule has 0 aliphatic rings. The molecule has 162 valence electrons. The highest BCUT2D eigenvalue weighted by molar-refractivity contribution is 6.43. The van der Waals surface area contributed by atoms with Gasteiger partial charge >= 0.3 is 5.69 Å². The monoisotopic (exact) mass is 489 g/mol. The number of nitro groups is 1. The number of aromatic nitrogens is 1. The molecular formula is C22H14Cl3N3O4. The Bertz CT molecular complexity index is 1430. The van der Waals surface area contributed by atoms with Crippen molar-refractivity contribution in [1.29, 1.82) is 0 Å². The molecule has 0 aliphatic heterocycles. The minimum atomic E-state index is -0.669. The second-order valence-electron chi connectivity index (χ2n) is 6.96. The molecular weight excluding hydrogens is 477 g/mol. The smallest absolute Gasteiger partial charge is 0.315 e. The third-order valence-corrected chi connectivity index (χ3v) is 6.36. The lowest BCUT2D eigenvalue weighted by atomic mass is 10.0. The van der Waals surface area contributed by atoms with Gasteiger partial charge in [0.1, 0.15) is 5.52 Å². The molecule has 4 rings (SSSR count). The normalized spacial score (nSPS) is 11.5. The Kier molecular flexibility index (Phi) is 5.81. The van der Waals surface area contributed by atoms with Crippen molar-refractivity contribution in [2.45, 2.75) is 13.8 Å². The fourth-order valence-corrected chi connectivity index (χ4v) is 3.86. The summed E-state index contributed by atoms with van der Waals surface area (Å²) >= 11 is 18.6. The average molecular weight is 491 g/mol. The molecule has 0 atom stereocenters. The van der Waals surface area contributed by atoms with E-state index in [0.29, 0.717) is 43.9 Å². The number of nitro benzene ring substituents is 1. The highest BCUT2D eigenvalue weighted by atomic mass is 35.5. The standard InChI is InChI=1S/C22H14Cl3N3O4/c1-10-14(21(29)20(28(30)31)11(2)18(10)24)9-26-12-6-7-17-16(8-12)27-22(32-17)13-4-3-5-15(23)19(13)25/h3-9,29H,1-2H3. The minimum Gasteiger partial charge on any atom is -0.502 e. The number of phenolic OH excluding ortho intramolecular Hbond substituents is 1. The van der Waals surface area contributed by atoms with E-state index in [1.54, 1.807) is 43.3 Å². The molecule has 0 spiro atoms. The first kappa shape index (κ1) is 22.1. The van der Waals surface area contributed by atoms with Crippen molar-refractivity contribution >= 4 is 63.5 Å². The van der Waals surface area contributed by atoms with Gasteiger partial charge < -0.3 is 9.52 Å². The fourth-order valence-electron chi connectivity index (χ4n) is 3.29. The third-order valence-electron chi connectivity index (χ3n) is 4.98. The topological polar surface area (TPSA) is 102 Å². The molecule has 0 saturated heterocycles. The van der Waals surface area contributed by atoms with E-state index in [0.717, 1.165) is 0 Å². The van der Waals surface area contributed by atoms with Crippen LogP contribution < -0.4 is 0 Å². The van der Waals surface area contributed by atoms with E-state index in [4.69, 9.17) is 39.2 Å². The largest absolute Gasteiger partial charge is 0.502 e. The summed E-state index contributed by atoms with van der Waals surface area (Å²) in [5.41, 5.74) is 2.49. The second kappa shape index (κ2) is 8.43. The SMILES string of the molecule is Cc1c(Cl)c(C)c([N+](=O)[O-])c(O)c1C=Nc1ccc2oc(-c3cccc(Cl)c3Cl)nc2c1. The van der Waals surface area contributed by atoms with E-state index in [2.05, 4.69) is 9.98 Å². The zero-order valence-electron chi connectivity index (χ0n) is 16.7. The van der Waals surface area contributed by atoms with Crippen LogP contribution in [0.5, 0.6) is 5.75 Å². The molecule has 7 nitrogen and oxygen atoms in total. The van der Waals surface area contributed by atoms with E-state index >= 15 is 0 Å². The van der Waals surface area contributed by atoms with Crippen molar-refractivity contribution in [3.05, 3.63) is 78.3 Å². The number of aliphatic imine (C=N–C) groups is 1. The number of hydrogen-bond acceptors (Lipinski definition) is 6. The molecule has 0 aliphatic carbocycles. The Morgan fingerprint density at radius 2 is 1.88 bits per heavy atom. The first-order valence-corrected chi connectivity index (χ1v) is 10.4. The number of benzene rings is 3. The molecule has 0 bridgehead atoms. The van der Waals surface area contributed by atoms with Gasteiger partial charge in [-0.3, -0.25) is 15.1 Å². The maximum absolute atomic E-state index is 11.3. The summed E-state index contributed by atoms with van der Waals surface area (Å²) in [6, 6.07) is 10.2. The van der Waals surface area contributed by atoms with Crippen molar-refractivity contribution in [3.8, 4) is 17.2 Å². The molecule has 1 aromatic heterocycles. The summed E-state index contributed by atoms with van der Waals surface area (Å²) in [5, 5.41) is 22.7. The number of rotatable bonds is 4. The van der Waals surface area contributed by atoms with Crippen LogP contribution in [-0.2, 0) is 0 Å². The van der Waals surface area contributed by atoms with E-state index in [1.165, 1.54) is 13.1 Å². The maximum Gasteiger partial charge on any atom is 0.315 e. The van der Waals surface area contributed by atoms with Crippen LogP contribution >= 0.6 is 34.8 Å². The lowest BCUT2D eigenvalue weighted by Crippen LogP contribution is -1.99. The van der Waals surface area contributed by atoms with Gasteiger partial charge in [-0.2, -0.15) is 0 Å². The lowest BCUT2D eigenvalue weighted by Gasteiger charge is -2.10. The first-order valence-electron chi connectivity index (χ1n) is 9.24. The number of nitrogens with zero attached hydrogens (tertiary/aromatic N) is 3. The molecule has 0 amide bonds. The average Bonchev–Trinajstić information content (AvgIpc) is 3.17. The molecule has 32 heavy (non-hydrogen) atoms. The molecule has 0 radical (unpaired) electrons. The van der Waals surface area contributed by atoms with Gasteiger partial charge in [0.05, 0.1) is 31.2 Å². The zero-order valence-corrected chi connectivity index (χ0v) is 19.0. The highest BCUT2D eigenvalue weighted by Crippen LogP contribution is 2.40. The summed E-state index contributed by atoms with van der Waals surface area (Å²) in [5.74, 6) is -0.179. The molecule has 4 aromatic rings. The van der Waals surface area contributed by atoms with Gasteiger partial charge in [-0.1, -0.05) is 40.9 Å². The van der Waals surface area contributed by atoms with Gasteiger partial charge in [0.25, 0.3) is 0 Å². The Labute approximate surface area is 197 Å². The summed E-state index contributed by atoms with van der Waals surface area (Å²) in [6.45, 7) is 3.14. The molecule has 3 aromatic carbocycles. The molecule has 0 saturated carbocycles. The number of hydrogen-bond donors (Lipinski definition) is 1. The van der Waals surface area contributed by atoms with Crippen LogP contribution in [0.4, 0.5) is 11.4 Å². The Balaban J connectivity index is 1.75. The van der Waals surface area contributed by atoms with Crippen LogP contribution in [0.2, 0.25) is 15.1 Å². The predicted molar refractivity (Wildman–Crippen MR) is 126 cm³/mol. The van der Waals surface area contributed by atoms with Crippen molar-refractivity contribution in [3.63, 3.8) is 0 Å². The quantitative estimate of drug-likeness (QED) is 0.182. The third kappa shape index (κ3) is 3.79. The van der Waals surface area contributed by atoms with Crippen LogP contribution in [0.3, 0.4) is 0 Å². The number of fused-ring (bicyclic) bond motifs is 1. The number of halogens is 3. The maximum atomic E-state index is 11.3. The number of aromatic hydroxyl groups is 1. The van der Waals surface area contributed by atoms with Crippen LogP contribution in [0.1, 0.15) is 16.7 Å². The predicted octanol–water partition coefficient (Wildman–Crippen LogP) is 7.44. The molecule has 10 heteroatoms. The van der Waals surface area contributed by atoms with Gasteiger partial charge in [0.15, 0.2) is 5.58 Å². The summed E-state index contributed by atoms with van der Waals surface area (Å²) < 4.78 is 5.78. The fraction of sp³-hybridized carbons (Fsp3) is 0.0909. The van der Waals surface area contributed by atoms with Gasteiger partial charge in [-0.15, -0.1) is 0 Å². The van der Waals surface area contributed by atoms with Crippen molar-refractivity contribution in [1.82, 2.24) is 4.98 Å².